The van der Waals surface area contributed by atoms with Crippen LogP contribution in [-0.2, 0) is 6.42 Å². The third-order valence-corrected chi connectivity index (χ3v) is 4.34. The van der Waals surface area contributed by atoms with Gasteiger partial charge in [-0.2, -0.15) is 0 Å². The molecule has 2 aromatic heterocycles. The number of pyridine rings is 1. The fourth-order valence-electron chi connectivity index (χ4n) is 3.10. The molecular formula is C20H17N3O2. The summed E-state index contributed by atoms with van der Waals surface area (Å²) in [6, 6.07) is 16.7. The van der Waals surface area contributed by atoms with Gasteiger partial charge >= 0.3 is 0 Å². The van der Waals surface area contributed by atoms with Crippen molar-refractivity contribution in [3.05, 3.63) is 76.2 Å². The fraction of sp³-hybridized carbons (Fsp3) is 0.100. The monoisotopic (exact) mass is 331 g/mol. The number of rotatable bonds is 3. The van der Waals surface area contributed by atoms with E-state index in [1.54, 1.807) is 12.1 Å². The van der Waals surface area contributed by atoms with Crippen LogP contribution in [0.25, 0.3) is 21.8 Å². The molecule has 0 saturated heterocycles. The second-order valence-corrected chi connectivity index (χ2v) is 6.00. The van der Waals surface area contributed by atoms with Crippen LogP contribution in [0.5, 0.6) is 0 Å². The van der Waals surface area contributed by atoms with E-state index in [1.165, 1.54) is 0 Å². The smallest absolute Gasteiger partial charge is 0.272 e. The highest BCUT2D eigenvalue weighted by Crippen LogP contribution is 2.21. The van der Waals surface area contributed by atoms with E-state index >= 15 is 0 Å². The van der Waals surface area contributed by atoms with E-state index in [4.69, 9.17) is 0 Å². The predicted molar refractivity (Wildman–Crippen MR) is 100 cm³/mol. The number of aromatic amines is 2. The van der Waals surface area contributed by atoms with Crippen molar-refractivity contribution in [2.75, 3.05) is 5.32 Å². The summed E-state index contributed by atoms with van der Waals surface area (Å²) in [5.74, 6) is -0.218. The van der Waals surface area contributed by atoms with Gasteiger partial charge in [0.25, 0.3) is 5.91 Å². The number of hydrogen-bond acceptors (Lipinski definition) is 2. The van der Waals surface area contributed by atoms with Gasteiger partial charge in [-0.3, -0.25) is 9.59 Å². The standard InChI is InChI=1S/C20H17N3O2/c1-2-12-10-19(24)23-17-11-14(7-8-15(12)17)21-20(25)18-9-13-5-3-4-6-16(13)22-18/h3-11,22H,2H2,1H3,(H,21,25)(H,23,24). The molecule has 0 bridgehead atoms. The maximum absolute atomic E-state index is 12.5. The summed E-state index contributed by atoms with van der Waals surface area (Å²) in [6.07, 6.45) is 0.779. The SMILES string of the molecule is CCc1cc(=O)[nH]c2cc(NC(=O)c3cc4ccccc4[nH]3)ccc12. The maximum atomic E-state index is 12.5. The Hall–Kier alpha value is -3.34. The first kappa shape index (κ1) is 15.2. The third kappa shape index (κ3) is 2.80. The molecule has 0 radical (unpaired) electrons. The van der Waals surface area contributed by atoms with Crippen LogP contribution in [0.1, 0.15) is 23.0 Å². The van der Waals surface area contributed by atoms with Gasteiger partial charge in [0.15, 0.2) is 0 Å². The second kappa shape index (κ2) is 5.94. The molecule has 0 saturated carbocycles. The molecule has 5 heteroatoms. The molecule has 0 aliphatic carbocycles. The summed E-state index contributed by atoms with van der Waals surface area (Å²) in [4.78, 5) is 30.2. The molecule has 0 aliphatic rings. The number of aryl methyl sites for hydroxylation is 1. The van der Waals surface area contributed by atoms with Crippen LogP contribution in [0.15, 0.2) is 59.4 Å². The number of para-hydroxylation sites is 1. The highest BCUT2D eigenvalue weighted by atomic mass is 16.2. The first-order valence-electron chi connectivity index (χ1n) is 8.19. The summed E-state index contributed by atoms with van der Waals surface area (Å²) in [7, 11) is 0. The van der Waals surface area contributed by atoms with Crippen molar-refractivity contribution in [3.63, 3.8) is 0 Å². The molecule has 3 N–H and O–H groups in total. The Kier molecular flexibility index (Phi) is 3.61. The number of anilines is 1. The first-order chi connectivity index (χ1) is 12.1. The minimum absolute atomic E-state index is 0.136. The summed E-state index contributed by atoms with van der Waals surface area (Å²) in [5, 5.41) is 4.86. The van der Waals surface area contributed by atoms with Crippen LogP contribution < -0.4 is 10.9 Å². The fourth-order valence-corrected chi connectivity index (χ4v) is 3.10. The van der Waals surface area contributed by atoms with Gasteiger partial charge in [-0.05, 0) is 36.2 Å². The summed E-state index contributed by atoms with van der Waals surface area (Å²) in [5.41, 5.74) is 3.63. The predicted octanol–water partition coefficient (Wildman–Crippen LogP) is 3.82. The quantitative estimate of drug-likeness (QED) is 0.533. The normalized spacial score (nSPS) is 11.1. The topological polar surface area (TPSA) is 77.8 Å². The molecular weight excluding hydrogens is 314 g/mol. The summed E-state index contributed by atoms with van der Waals surface area (Å²) in [6.45, 7) is 2.01. The zero-order chi connectivity index (χ0) is 17.4. The summed E-state index contributed by atoms with van der Waals surface area (Å²) < 4.78 is 0. The lowest BCUT2D eigenvalue weighted by atomic mass is 10.1. The van der Waals surface area contributed by atoms with Crippen molar-refractivity contribution in [1.82, 2.24) is 9.97 Å². The van der Waals surface area contributed by atoms with E-state index in [-0.39, 0.29) is 11.5 Å². The molecule has 2 heterocycles. The second-order valence-electron chi connectivity index (χ2n) is 6.00. The lowest BCUT2D eigenvalue weighted by Crippen LogP contribution is -2.12. The van der Waals surface area contributed by atoms with Crippen LogP contribution >= 0.6 is 0 Å². The average Bonchev–Trinajstić information content (AvgIpc) is 3.05. The van der Waals surface area contributed by atoms with Gasteiger partial charge in [0, 0.05) is 28.0 Å². The van der Waals surface area contributed by atoms with E-state index in [2.05, 4.69) is 15.3 Å². The number of aromatic nitrogens is 2. The van der Waals surface area contributed by atoms with Crippen molar-refractivity contribution in [1.29, 1.82) is 0 Å². The van der Waals surface area contributed by atoms with Gasteiger partial charge in [0.05, 0.1) is 5.52 Å². The summed E-state index contributed by atoms with van der Waals surface area (Å²) >= 11 is 0. The molecule has 0 fully saturated rings. The zero-order valence-electron chi connectivity index (χ0n) is 13.7. The minimum Gasteiger partial charge on any atom is -0.351 e. The lowest BCUT2D eigenvalue weighted by molar-refractivity contribution is 0.102. The third-order valence-electron chi connectivity index (χ3n) is 4.34. The van der Waals surface area contributed by atoms with Crippen LogP contribution in [0.4, 0.5) is 5.69 Å². The molecule has 4 aromatic rings. The van der Waals surface area contributed by atoms with E-state index in [1.807, 2.05) is 49.4 Å². The molecule has 0 atom stereocenters. The Morgan fingerprint density at radius 3 is 2.64 bits per heavy atom. The zero-order valence-corrected chi connectivity index (χ0v) is 13.7. The van der Waals surface area contributed by atoms with E-state index in [9.17, 15) is 9.59 Å². The van der Waals surface area contributed by atoms with Gasteiger partial charge in [0.2, 0.25) is 5.56 Å². The van der Waals surface area contributed by atoms with Crippen LogP contribution in [-0.4, -0.2) is 15.9 Å². The Balaban J connectivity index is 1.67. The number of carbonyl (C=O) groups excluding carboxylic acids is 1. The van der Waals surface area contributed by atoms with E-state index < -0.39 is 0 Å². The van der Waals surface area contributed by atoms with E-state index in [0.29, 0.717) is 11.4 Å². The highest BCUT2D eigenvalue weighted by molar-refractivity contribution is 6.06. The number of hydrogen-bond donors (Lipinski definition) is 3. The van der Waals surface area contributed by atoms with Gasteiger partial charge in [-0.1, -0.05) is 31.2 Å². The molecule has 124 valence electrons. The maximum Gasteiger partial charge on any atom is 0.272 e. The Labute approximate surface area is 143 Å². The number of amides is 1. The Bertz CT molecular complexity index is 1120. The first-order valence-corrected chi connectivity index (χ1v) is 8.19. The van der Waals surface area contributed by atoms with Crippen LogP contribution in [0, 0.1) is 0 Å². The molecule has 4 rings (SSSR count). The van der Waals surface area contributed by atoms with Crippen molar-refractivity contribution in [2.24, 2.45) is 0 Å². The molecule has 0 aliphatic heterocycles. The number of fused-ring (bicyclic) bond motifs is 2. The molecule has 2 aromatic carbocycles. The van der Waals surface area contributed by atoms with Crippen molar-refractivity contribution >= 4 is 33.4 Å². The minimum atomic E-state index is -0.218. The van der Waals surface area contributed by atoms with Crippen molar-refractivity contribution < 1.29 is 4.79 Å². The number of benzene rings is 2. The van der Waals surface area contributed by atoms with Crippen molar-refractivity contribution in [3.8, 4) is 0 Å². The van der Waals surface area contributed by atoms with Crippen LogP contribution in [0.2, 0.25) is 0 Å². The Morgan fingerprint density at radius 1 is 1.00 bits per heavy atom. The molecule has 1 amide bonds. The van der Waals surface area contributed by atoms with Crippen molar-refractivity contribution in [2.45, 2.75) is 13.3 Å². The van der Waals surface area contributed by atoms with Gasteiger partial charge in [-0.25, -0.2) is 0 Å². The van der Waals surface area contributed by atoms with E-state index in [0.717, 1.165) is 33.8 Å². The number of H-pyrrole nitrogens is 2. The molecule has 0 unspecified atom stereocenters. The number of carbonyl (C=O) groups is 1. The molecule has 0 spiro atoms. The van der Waals surface area contributed by atoms with Gasteiger partial charge in [-0.15, -0.1) is 0 Å². The van der Waals surface area contributed by atoms with Crippen LogP contribution in [0.3, 0.4) is 0 Å². The Morgan fingerprint density at radius 2 is 1.84 bits per heavy atom. The number of nitrogens with one attached hydrogen (secondary N) is 3. The lowest BCUT2D eigenvalue weighted by Gasteiger charge is -2.08. The highest BCUT2D eigenvalue weighted by Gasteiger charge is 2.10. The molecule has 5 nitrogen and oxygen atoms in total. The largest absolute Gasteiger partial charge is 0.351 e. The van der Waals surface area contributed by atoms with Gasteiger partial charge in [0.1, 0.15) is 5.69 Å². The molecule has 25 heavy (non-hydrogen) atoms. The average molecular weight is 331 g/mol. The van der Waals surface area contributed by atoms with Gasteiger partial charge < -0.3 is 15.3 Å².